The number of benzene rings is 2. The second-order valence-electron chi connectivity index (χ2n) is 5.66. The van der Waals surface area contributed by atoms with Gasteiger partial charge in [-0.25, -0.2) is 5.43 Å². The van der Waals surface area contributed by atoms with Crippen LogP contribution in [0, 0.1) is 0 Å². The number of ether oxygens (including phenoxy) is 2. The van der Waals surface area contributed by atoms with Gasteiger partial charge in [-0.3, -0.25) is 9.59 Å². The number of anilines is 1. The molecule has 2 rings (SSSR count). The Bertz CT molecular complexity index is 932. The average molecular weight is 436 g/mol. The van der Waals surface area contributed by atoms with Crippen LogP contribution < -0.4 is 20.2 Å². The number of amides is 2. The van der Waals surface area contributed by atoms with Crippen molar-refractivity contribution in [2.24, 2.45) is 5.10 Å². The first-order valence-corrected chi connectivity index (χ1v) is 9.17. The number of hydrogen-bond acceptors (Lipinski definition) is 5. The molecule has 0 bridgehead atoms. The lowest BCUT2D eigenvalue weighted by atomic mass is 10.2. The maximum atomic E-state index is 11.9. The molecule has 0 aliphatic heterocycles. The zero-order valence-corrected chi connectivity index (χ0v) is 17.1. The molecule has 0 unspecified atom stereocenters. The van der Waals surface area contributed by atoms with Gasteiger partial charge in [-0.05, 0) is 42.0 Å². The molecule has 2 aromatic carbocycles. The Labute approximate surface area is 178 Å². The van der Waals surface area contributed by atoms with Gasteiger partial charge in [0.15, 0.2) is 11.5 Å². The number of nitrogens with zero attached hydrogens (tertiary/aromatic N) is 1. The van der Waals surface area contributed by atoms with Crippen molar-refractivity contribution < 1.29 is 19.1 Å². The van der Waals surface area contributed by atoms with Crippen LogP contribution in [0.4, 0.5) is 5.69 Å². The summed E-state index contributed by atoms with van der Waals surface area (Å²) in [5.41, 5.74) is 3.40. The summed E-state index contributed by atoms with van der Waals surface area (Å²) in [7, 11) is 1.52. The van der Waals surface area contributed by atoms with Crippen molar-refractivity contribution in [2.75, 3.05) is 19.0 Å². The number of carbonyl (C=O) groups excluding carboxylic acids is 2. The number of rotatable bonds is 9. The van der Waals surface area contributed by atoms with E-state index in [1.165, 1.54) is 19.4 Å². The highest BCUT2D eigenvalue weighted by Gasteiger charge is 2.10. The lowest BCUT2D eigenvalue weighted by molar-refractivity contribution is -0.126. The molecule has 29 heavy (non-hydrogen) atoms. The topological polar surface area (TPSA) is 89.0 Å². The van der Waals surface area contributed by atoms with E-state index in [4.69, 9.17) is 32.7 Å². The zero-order chi connectivity index (χ0) is 21.2. The molecule has 0 spiro atoms. The summed E-state index contributed by atoms with van der Waals surface area (Å²) in [6.07, 6.45) is 2.64. The minimum Gasteiger partial charge on any atom is -0.493 e. The van der Waals surface area contributed by atoms with E-state index in [1.54, 1.807) is 36.4 Å². The van der Waals surface area contributed by atoms with Gasteiger partial charge < -0.3 is 14.8 Å². The molecular formula is C20H19Cl2N3O4. The highest BCUT2D eigenvalue weighted by atomic mass is 35.5. The fraction of sp³-hybridized carbons (Fsp3) is 0.150. The molecule has 0 atom stereocenters. The quantitative estimate of drug-likeness (QED) is 0.269. The number of carbonyl (C=O) groups is 2. The summed E-state index contributed by atoms with van der Waals surface area (Å²) in [5, 5.41) is 7.06. The standard InChI is InChI=1S/C20H19Cl2N3O4/c1-3-8-29-17-7-4-13(9-18(17)28-2)12-23-25-20(27)11-19(26)24-14-5-6-15(21)16(22)10-14/h3-7,9-10,12H,1,8,11H2,2H3,(H,24,26)(H,25,27). The number of nitrogens with one attached hydrogen (secondary N) is 2. The monoisotopic (exact) mass is 435 g/mol. The van der Waals surface area contributed by atoms with E-state index >= 15 is 0 Å². The van der Waals surface area contributed by atoms with Crippen LogP contribution in [-0.4, -0.2) is 31.7 Å². The van der Waals surface area contributed by atoms with E-state index in [0.717, 1.165) is 0 Å². The third kappa shape index (κ3) is 7.14. The minimum atomic E-state index is -0.572. The summed E-state index contributed by atoms with van der Waals surface area (Å²) in [6.45, 7) is 3.94. The fourth-order valence-corrected chi connectivity index (χ4v) is 2.47. The Balaban J connectivity index is 1.87. The summed E-state index contributed by atoms with van der Waals surface area (Å²) in [6, 6.07) is 9.78. The van der Waals surface area contributed by atoms with Gasteiger partial charge in [0.05, 0.1) is 23.4 Å². The van der Waals surface area contributed by atoms with Crippen molar-refractivity contribution in [2.45, 2.75) is 6.42 Å². The third-order valence-electron chi connectivity index (χ3n) is 3.47. The van der Waals surface area contributed by atoms with Gasteiger partial charge in [0.2, 0.25) is 11.8 Å². The van der Waals surface area contributed by atoms with E-state index in [9.17, 15) is 9.59 Å². The predicted octanol–water partition coefficient (Wildman–Crippen LogP) is 4.05. The van der Waals surface area contributed by atoms with Crippen LogP contribution in [0.5, 0.6) is 11.5 Å². The molecule has 7 nitrogen and oxygen atoms in total. The zero-order valence-electron chi connectivity index (χ0n) is 15.6. The first-order valence-electron chi connectivity index (χ1n) is 8.41. The number of halogens is 2. The molecule has 0 heterocycles. The molecule has 0 radical (unpaired) electrons. The Kier molecular flexibility index (Phi) is 8.51. The van der Waals surface area contributed by atoms with Crippen LogP contribution in [0.3, 0.4) is 0 Å². The normalized spacial score (nSPS) is 10.4. The minimum absolute atomic E-state index is 0.301. The summed E-state index contributed by atoms with van der Waals surface area (Å²) in [5.74, 6) is -0.00567. The van der Waals surface area contributed by atoms with Crippen LogP contribution in [-0.2, 0) is 9.59 Å². The van der Waals surface area contributed by atoms with Gasteiger partial charge in [-0.2, -0.15) is 5.10 Å². The molecule has 0 aliphatic carbocycles. The average Bonchev–Trinajstić information content (AvgIpc) is 2.69. The SMILES string of the molecule is C=CCOc1ccc(C=NNC(=O)CC(=O)Nc2ccc(Cl)c(Cl)c2)cc1OC. The molecule has 0 fully saturated rings. The highest BCUT2D eigenvalue weighted by Crippen LogP contribution is 2.27. The van der Waals surface area contributed by atoms with Crippen LogP contribution >= 0.6 is 23.2 Å². The second-order valence-corrected chi connectivity index (χ2v) is 6.47. The van der Waals surface area contributed by atoms with Gasteiger partial charge in [0, 0.05) is 5.69 Å². The van der Waals surface area contributed by atoms with Crippen molar-refractivity contribution in [3.63, 3.8) is 0 Å². The Morgan fingerprint density at radius 3 is 2.59 bits per heavy atom. The van der Waals surface area contributed by atoms with Gasteiger partial charge in [0.1, 0.15) is 13.0 Å². The lowest BCUT2D eigenvalue weighted by Crippen LogP contribution is -2.24. The smallest absolute Gasteiger partial charge is 0.249 e. The number of hydrazone groups is 1. The Morgan fingerprint density at radius 1 is 1.10 bits per heavy atom. The van der Waals surface area contributed by atoms with Crippen molar-refractivity contribution in [1.82, 2.24) is 5.43 Å². The summed E-state index contributed by atoms with van der Waals surface area (Å²) in [4.78, 5) is 23.8. The number of methoxy groups -OCH3 is 1. The molecule has 2 amide bonds. The van der Waals surface area contributed by atoms with Crippen molar-refractivity contribution in [3.8, 4) is 11.5 Å². The van der Waals surface area contributed by atoms with Crippen LogP contribution in [0.15, 0.2) is 54.2 Å². The maximum Gasteiger partial charge on any atom is 0.249 e. The molecule has 152 valence electrons. The first kappa shape index (κ1) is 22.3. The lowest BCUT2D eigenvalue weighted by Gasteiger charge is -2.09. The predicted molar refractivity (Wildman–Crippen MR) is 114 cm³/mol. The van der Waals surface area contributed by atoms with Crippen molar-refractivity contribution >= 4 is 46.9 Å². The van der Waals surface area contributed by atoms with E-state index in [0.29, 0.717) is 39.4 Å². The van der Waals surface area contributed by atoms with Gasteiger partial charge in [-0.1, -0.05) is 35.9 Å². The highest BCUT2D eigenvalue weighted by molar-refractivity contribution is 6.42. The second kappa shape index (κ2) is 11.1. The number of hydrogen-bond donors (Lipinski definition) is 2. The van der Waals surface area contributed by atoms with E-state index in [-0.39, 0.29) is 0 Å². The largest absolute Gasteiger partial charge is 0.493 e. The van der Waals surface area contributed by atoms with Gasteiger partial charge in [-0.15, -0.1) is 0 Å². The molecule has 2 aromatic rings. The summed E-state index contributed by atoms with van der Waals surface area (Å²) >= 11 is 11.7. The van der Waals surface area contributed by atoms with Gasteiger partial charge >= 0.3 is 0 Å². The molecule has 2 N–H and O–H groups in total. The van der Waals surface area contributed by atoms with Crippen molar-refractivity contribution in [1.29, 1.82) is 0 Å². The maximum absolute atomic E-state index is 11.9. The van der Waals surface area contributed by atoms with Gasteiger partial charge in [0.25, 0.3) is 0 Å². The van der Waals surface area contributed by atoms with Crippen LogP contribution in [0.2, 0.25) is 10.0 Å². The van der Waals surface area contributed by atoms with E-state index in [1.807, 2.05) is 0 Å². The van der Waals surface area contributed by atoms with Crippen LogP contribution in [0.1, 0.15) is 12.0 Å². The fourth-order valence-electron chi connectivity index (χ4n) is 2.18. The molecule has 9 heteroatoms. The molecule has 0 aromatic heterocycles. The Hall–Kier alpha value is -3.03. The molecule has 0 saturated carbocycles. The molecule has 0 saturated heterocycles. The molecule has 0 aliphatic rings. The summed E-state index contributed by atoms with van der Waals surface area (Å²) < 4.78 is 10.7. The Morgan fingerprint density at radius 2 is 1.90 bits per heavy atom. The molecular weight excluding hydrogens is 417 g/mol. The van der Waals surface area contributed by atoms with Crippen LogP contribution in [0.25, 0.3) is 0 Å². The third-order valence-corrected chi connectivity index (χ3v) is 4.21. The van der Waals surface area contributed by atoms with E-state index < -0.39 is 18.2 Å². The first-order chi connectivity index (χ1) is 13.9. The van der Waals surface area contributed by atoms with E-state index in [2.05, 4.69) is 22.4 Å². The van der Waals surface area contributed by atoms with Crippen molar-refractivity contribution in [3.05, 3.63) is 64.7 Å².